The first-order valence-electron chi connectivity index (χ1n) is 5.54. The molecule has 96 valence electrons. The van der Waals surface area contributed by atoms with Gasteiger partial charge in [-0.15, -0.1) is 0 Å². The molecule has 1 heterocycles. The summed E-state index contributed by atoms with van der Waals surface area (Å²) < 4.78 is 10.3. The van der Waals surface area contributed by atoms with Gasteiger partial charge < -0.3 is 19.7 Å². The zero-order valence-electron chi connectivity index (χ0n) is 10.6. The third-order valence-corrected chi connectivity index (χ3v) is 2.04. The fraction of sp³-hybridized carbons (Fsp3) is 0.636. The van der Waals surface area contributed by atoms with Gasteiger partial charge in [0.05, 0.1) is 6.61 Å². The second kappa shape index (κ2) is 7.81. The van der Waals surface area contributed by atoms with E-state index in [1.165, 1.54) is 6.33 Å². The average molecular weight is 240 g/mol. The van der Waals surface area contributed by atoms with E-state index in [2.05, 4.69) is 20.2 Å². The topological polar surface area (TPSA) is 59.5 Å². The predicted octanol–water partition coefficient (Wildman–Crippen LogP) is 0.475. The number of aromatic nitrogens is 2. The van der Waals surface area contributed by atoms with Crippen LogP contribution in [0.15, 0.2) is 12.4 Å². The SMILES string of the molecule is COCCOc1cc(NCCN(C)C)ncn1. The Balaban J connectivity index is 2.37. The Hall–Kier alpha value is -1.40. The molecule has 0 saturated carbocycles. The van der Waals surface area contributed by atoms with Crippen molar-refractivity contribution in [1.82, 2.24) is 14.9 Å². The Kier molecular flexibility index (Phi) is 6.27. The van der Waals surface area contributed by atoms with Crippen LogP contribution in [0.2, 0.25) is 0 Å². The first-order valence-corrected chi connectivity index (χ1v) is 5.54. The first-order chi connectivity index (χ1) is 8.22. The molecule has 6 heteroatoms. The van der Waals surface area contributed by atoms with Gasteiger partial charge in [-0.05, 0) is 14.1 Å². The summed E-state index contributed by atoms with van der Waals surface area (Å²) in [5, 5.41) is 3.20. The van der Waals surface area contributed by atoms with Gasteiger partial charge in [-0.3, -0.25) is 0 Å². The first kappa shape index (κ1) is 13.7. The normalized spacial score (nSPS) is 10.6. The molecule has 0 atom stereocenters. The van der Waals surface area contributed by atoms with E-state index in [1.54, 1.807) is 13.2 Å². The maximum absolute atomic E-state index is 5.39. The molecule has 1 rings (SSSR count). The minimum Gasteiger partial charge on any atom is -0.475 e. The van der Waals surface area contributed by atoms with E-state index in [0.29, 0.717) is 19.1 Å². The van der Waals surface area contributed by atoms with Gasteiger partial charge >= 0.3 is 0 Å². The van der Waals surface area contributed by atoms with Gasteiger partial charge in [-0.1, -0.05) is 0 Å². The van der Waals surface area contributed by atoms with Crippen LogP contribution in [-0.4, -0.2) is 62.4 Å². The lowest BCUT2D eigenvalue weighted by Gasteiger charge is -2.11. The molecule has 0 amide bonds. The lowest BCUT2D eigenvalue weighted by atomic mass is 10.5. The van der Waals surface area contributed by atoms with Crippen molar-refractivity contribution >= 4 is 5.82 Å². The Morgan fingerprint density at radius 1 is 1.29 bits per heavy atom. The molecule has 0 aliphatic heterocycles. The summed E-state index contributed by atoms with van der Waals surface area (Å²) in [5.41, 5.74) is 0. The van der Waals surface area contributed by atoms with Crippen LogP contribution in [0, 0.1) is 0 Å². The van der Waals surface area contributed by atoms with Crippen LogP contribution in [0.3, 0.4) is 0 Å². The maximum atomic E-state index is 5.39. The van der Waals surface area contributed by atoms with Gasteiger partial charge in [-0.2, -0.15) is 0 Å². The highest BCUT2D eigenvalue weighted by atomic mass is 16.5. The minimum atomic E-state index is 0.491. The lowest BCUT2D eigenvalue weighted by Crippen LogP contribution is -2.21. The largest absolute Gasteiger partial charge is 0.475 e. The Labute approximate surface area is 102 Å². The van der Waals surface area contributed by atoms with Gasteiger partial charge in [-0.25, -0.2) is 9.97 Å². The van der Waals surface area contributed by atoms with E-state index in [0.717, 1.165) is 18.9 Å². The van der Waals surface area contributed by atoms with E-state index in [1.807, 2.05) is 14.1 Å². The second-order valence-corrected chi connectivity index (χ2v) is 3.81. The number of hydrogen-bond donors (Lipinski definition) is 1. The van der Waals surface area contributed by atoms with E-state index < -0.39 is 0 Å². The summed E-state index contributed by atoms with van der Waals surface area (Å²) in [7, 11) is 5.69. The third-order valence-electron chi connectivity index (χ3n) is 2.04. The Bertz CT molecular complexity index is 320. The standard InChI is InChI=1S/C11H20N4O2/c1-15(2)5-4-12-10-8-11(14-9-13-10)17-7-6-16-3/h8-9H,4-7H2,1-3H3,(H,12,13,14). The van der Waals surface area contributed by atoms with Gasteiger partial charge in [0.2, 0.25) is 5.88 Å². The van der Waals surface area contributed by atoms with Crippen molar-refractivity contribution < 1.29 is 9.47 Å². The highest BCUT2D eigenvalue weighted by molar-refractivity contribution is 5.36. The number of methoxy groups -OCH3 is 1. The summed E-state index contributed by atoms with van der Waals surface area (Å²) in [4.78, 5) is 10.2. The number of anilines is 1. The van der Waals surface area contributed by atoms with Gasteiger partial charge in [0.1, 0.15) is 18.8 Å². The van der Waals surface area contributed by atoms with Crippen molar-refractivity contribution in [3.05, 3.63) is 12.4 Å². The number of nitrogens with one attached hydrogen (secondary N) is 1. The molecule has 0 unspecified atom stereocenters. The lowest BCUT2D eigenvalue weighted by molar-refractivity contribution is 0.143. The fourth-order valence-corrected chi connectivity index (χ4v) is 1.15. The molecular weight excluding hydrogens is 220 g/mol. The van der Waals surface area contributed by atoms with E-state index in [9.17, 15) is 0 Å². The van der Waals surface area contributed by atoms with Crippen molar-refractivity contribution in [3.8, 4) is 5.88 Å². The summed E-state index contributed by atoms with van der Waals surface area (Å²) in [6.45, 7) is 2.82. The van der Waals surface area contributed by atoms with Crippen LogP contribution in [-0.2, 0) is 4.74 Å². The summed E-state index contributed by atoms with van der Waals surface area (Å²) in [6, 6.07) is 1.78. The quantitative estimate of drug-likeness (QED) is 0.667. The summed E-state index contributed by atoms with van der Waals surface area (Å²) >= 11 is 0. The molecule has 0 aromatic carbocycles. The number of rotatable bonds is 8. The van der Waals surface area contributed by atoms with Crippen LogP contribution < -0.4 is 10.1 Å². The van der Waals surface area contributed by atoms with Crippen LogP contribution >= 0.6 is 0 Å². The van der Waals surface area contributed by atoms with Crippen LogP contribution in [0.1, 0.15) is 0 Å². The highest BCUT2D eigenvalue weighted by Gasteiger charge is 1.99. The molecule has 0 fully saturated rings. The second-order valence-electron chi connectivity index (χ2n) is 3.81. The Morgan fingerprint density at radius 3 is 2.82 bits per heavy atom. The van der Waals surface area contributed by atoms with Crippen LogP contribution in [0.4, 0.5) is 5.82 Å². The molecule has 6 nitrogen and oxygen atoms in total. The molecule has 0 aliphatic carbocycles. The number of likely N-dealkylation sites (N-methyl/N-ethyl adjacent to an activating group) is 1. The fourth-order valence-electron chi connectivity index (χ4n) is 1.15. The molecule has 1 N–H and O–H groups in total. The van der Waals surface area contributed by atoms with Gasteiger partial charge in [0.15, 0.2) is 0 Å². The number of ether oxygens (including phenoxy) is 2. The number of hydrogen-bond acceptors (Lipinski definition) is 6. The molecule has 1 aromatic heterocycles. The van der Waals surface area contributed by atoms with Crippen molar-refractivity contribution in [1.29, 1.82) is 0 Å². The monoisotopic (exact) mass is 240 g/mol. The molecular formula is C11H20N4O2. The maximum Gasteiger partial charge on any atom is 0.218 e. The molecule has 1 aromatic rings. The van der Waals surface area contributed by atoms with E-state index in [4.69, 9.17) is 9.47 Å². The van der Waals surface area contributed by atoms with Gasteiger partial charge in [0, 0.05) is 26.3 Å². The summed E-state index contributed by atoms with van der Waals surface area (Å²) in [5.74, 6) is 1.33. The van der Waals surface area contributed by atoms with Crippen molar-refractivity contribution in [2.45, 2.75) is 0 Å². The molecule has 0 bridgehead atoms. The third kappa shape index (κ3) is 6.03. The minimum absolute atomic E-state index is 0.491. The van der Waals surface area contributed by atoms with E-state index in [-0.39, 0.29) is 0 Å². The van der Waals surface area contributed by atoms with Gasteiger partial charge in [0.25, 0.3) is 0 Å². The van der Waals surface area contributed by atoms with E-state index >= 15 is 0 Å². The average Bonchev–Trinajstić information content (AvgIpc) is 2.29. The predicted molar refractivity (Wildman–Crippen MR) is 66.4 cm³/mol. The molecule has 0 radical (unpaired) electrons. The summed E-state index contributed by atoms with van der Waals surface area (Å²) in [6.07, 6.45) is 1.49. The van der Waals surface area contributed by atoms with Crippen molar-refractivity contribution in [2.24, 2.45) is 0 Å². The zero-order valence-corrected chi connectivity index (χ0v) is 10.6. The number of nitrogens with zero attached hydrogens (tertiary/aromatic N) is 3. The highest BCUT2D eigenvalue weighted by Crippen LogP contribution is 2.10. The zero-order chi connectivity index (χ0) is 12.5. The van der Waals surface area contributed by atoms with Crippen LogP contribution in [0.5, 0.6) is 5.88 Å². The molecule has 0 saturated heterocycles. The van der Waals surface area contributed by atoms with Crippen molar-refractivity contribution in [2.75, 3.05) is 52.8 Å². The van der Waals surface area contributed by atoms with Crippen molar-refractivity contribution in [3.63, 3.8) is 0 Å². The smallest absolute Gasteiger partial charge is 0.218 e. The molecule has 17 heavy (non-hydrogen) atoms. The van der Waals surface area contributed by atoms with Crippen LogP contribution in [0.25, 0.3) is 0 Å². The molecule has 0 aliphatic rings. The Morgan fingerprint density at radius 2 is 2.12 bits per heavy atom. The molecule has 0 spiro atoms.